The highest BCUT2D eigenvalue weighted by Crippen LogP contribution is 2.21. The van der Waals surface area contributed by atoms with Crippen molar-refractivity contribution in [1.82, 2.24) is 15.3 Å². The van der Waals surface area contributed by atoms with E-state index in [1.807, 2.05) is 24.3 Å². The average Bonchev–Trinajstić information content (AvgIpc) is 3.34. The maximum atomic E-state index is 12.4. The number of aromatic amines is 1. The van der Waals surface area contributed by atoms with Gasteiger partial charge in [0, 0.05) is 34.6 Å². The summed E-state index contributed by atoms with van der Waals surface area (Å²) >= 11 is 6.92. The summed E-state index contributed by atoms with van der Waals surface area (Å²) in [7, 11) is -3.77. The van der Waals surface area contributed by atoms with E-state index in [1.165, 1.54) is 24.3 Å². The Labute approximate surface area is 188 Å². The molecule has 0 saturated heterocycles. The van der Waals surface area contributed by atoms with Crippen molar-refractivity contribution in [3.05, 3.63) is 76.4 Å². The molecular formula is C21H19ClN4O3S2. The summed E-state index contributed by atoms with van der Waals surface area (Å²) in [5, 5.41) is 6.32. The number of hydrogen-bond donors (Lipinski definition) is 3. The molecule has 0 fully saturated rings. The van der Waals surface area contributed by atoms with Gasteiger partial charge in [-0.3, -0.25) is 9.52 Å². The molecule has 10 heteroatoms. The molecule has 3 N–H and O–H groups in total. The molecule has 0 bridgehead atoms. The first-order valence-electron chi connectivity index (χ1n) is 9.45. The number of amides is 1. The molecule has 0 spiro atoms. The maximum Gasteiger partial charge on any atom is 0.263 e. The van der Waals surface area contributed by atoms with Gasteiger partial charge in [0.2, 0.25) is 5.91 Å². The molecule has 31 heavy (non-hydrogen) atoms. The van der Waals surface area contributed by atoms with Crippen LogP contribution in [0.5, 0.6) is 0 Å². The van der Waals surface area contributed by atoms with E-state index in [-0.39, 0.29) is 22.4 Å². The third kappa shape index (κ3) is 5.43. The van der Waals surface area contributed by atoms with E-state index in [9.17, 15) is 13.2 Å². The lowest BCUT2D eigenvalue weighted by Crippen LogP contribution is -2.27. The molecule has 160 valence electrons. The predicted molar refractivity (Wildman–Crippen MR) is 123 cm³/mol. The number of halogens is 1. The molecule has 0 aliphatic heterocycles. The van der Waals surface area contributed by atoms with E-state index in [0.717, 1.165) is 27.9 Å². The fourth-order valence-corrected chi connectivity index (χ4v) is 5.14. The van der Waals surface area contributed by atoms with E-state index < -0.39 is 10.0 Å². The Morgan fingerprint density at radius 3 is 2.68 bits per heavy atom. The van der Waals surface area contributed by atoms with Crippen LogP contribution in [0.2, 0.25) is 5.02 Å². The number of carbonyl (C=O) groups is 1. The quantitative estimate of drug-likeness (QED) is 0.359. The van der Waals surface area contributed by atoms with Crippen LogP contribution in [0.4, 0.5) is 5.13 Å². The zero-order valence-corrected chi connectivity index (χ0v) is 18.7. The van der Waals surface area contributed by atoms with Crippen LogP contribution in [-0.4, -0.2) is 30.8 Å². The molecule has 0 aliphatic carbocycles. The smallest absolute Gasteiger partial charge is 0.263 e. The Morgan fingerprint density at radius 2 is 1.90 bits per heavy atom. The number of aromatic nitrogens is 2. The molecule has 0 atom stereocenters. The van der Waals surface area contributed by atoms with Crippen LogP contribution < -0.4 is 10.0 Å². The number of hydrogen-bond acceptors (Lipinski definition) is 5. The number of carbonyl (C=O) groups excluding carboxylic acids is 1. The fraction of sp³-hybridized carbons (Fsp3) is 0.143. The molecule has 0 unspecified atom stereocenters. The van der Waals surface area contributed by atoms with E-state index in [4.69, 9.17) is 11.6 Å². The van der Waals surface area contributed by atoms with Crippen LogP contribution in [0.25, 0.3) is 10.9 Å². The van der Waals surface area contributed by atoms with E-state index in [2.05, 4.69) is 26.1 Å². The average molecular weight is 475 g/mol. The minimum absolute atomic E-state index is 0.0753. The Kier molecular flexibility index (Phi) is 6.26. The van der Waals surface area contributed by atoms with E-state index in [1.54, 1.807) is 5.38 Å². The van der Waals surface area contributed by atoms with Crippen molar-refractivity contribution in [2.24, 2.45) is 0 Å². The number of fused-ring (bicyclic) bond motifs is 1. The number of rotatable bonds is 8. The number of sulfonamides is 1. The Morgan fingerprint density at radius 1 is 1.13 bits per heavy atom. The predicted octanol–water partition coefficient (Wildman–Crippen LogP) is 3.98. The molecule has 4 aromatic rings. The van der Waals surface area contributed by atoms with Crippen molar-refractivity contribution in [3.8, 4) is 0 Å². The van der Waals surface area contributed by atoms with Gasteiger partial charge in [-0.15, -0.1) is 11.3 Å². The number of nitrogens with zero attached hydrogens (tertiary/aromatic N) is 1. The van der Waals surface area contributed by atoms with Crippen LogP contribution in [-0.2, 0) is 27.7 Å². The minimum atomic E-state index is -3.77. The van der Waals surface area contributed by atoms with E-state index in [0.29, 0.717) is 23.7 Å². The SMILES string of the molecule is O=C(Cc1csc(NS(=O)(=O)c2ccc(Cl)cc2)n1)NCCc1cc2ccccc2[nH]1. The van der Waals surface area contributed by atoms with Crippen LogP contribution in [0, 0.1) is 0 Å². The molecule has 7 nitrogen and oxygen atoms in total. The van der Waals surface area contributed by atoms with Crippen LogP contribution in [0.15, 0.2) is 64.9 Å². The van der Waals surface area contributed by atoms with Gasteiger partial charge in [-0.05, 0) is 41.8 Å². The van der Waals surface area contributed by atoms with Crippen molar-refractivity contribution in [2.75, 3.05) is 11.3 Å². The summed E-state index contributed by atoms with van der Waals surface area (Å²) in [6.07, 6.45) is 0.759. The summed E-state index contributed by atoms with van der Waals surface area (Å²) in [5.41, 5.74) is 2.62. The van der Waals surface area contributed by atoms with Crippen molar-refractivity contribution < 1.29 is 13.2 Å². The second-order valence-electron chi connectivity index (χ2n) is 6.86. The lowest BCUT2D eigenvalue weighted by molar-refractivity contribution is -0.120. The van der Waals surface area contributed by atoms with Gasteiger partial charge in [-0.2, -0.15) is 0 Å². The molecule has 0 saturated carbocycles. The third-order valence-corrected chi connectivity index (χ3v) is 7.08. The highest BCUT2D eigenvalue weighted by molar-refractivity contribution is 7.93. The Balaban J connectivity index is 1.29. The number of H-pyrrole nitrogens is 1. The molecule has 2 aromatic carbocycles. The molecule has 2 heterocycles. The molecule has 0 aliphatic rings. The first kappa shape index (κ1) is 21.4. The first-order chi connectivity index (χ1) is 14.9. The van der Waals surface area contributed by atoms with Crippen LogP contribution >= 0.6 is 22.9 Å². The van der Waals surface area contributed by atoms with E-state index >= 15 is 0 Å². The van der Waals surface area contributed by atoms with Crippen molar-refractivity contribution in [3.63, 3.8) is 0 Å². The third-order valence-electron chi connectivity index (χ3n) is 4.54. The molecule has 2 aromatic heterocycles. The fourth-order valence-electron chi connectivity index (χ4n) is 3.05. The van der Waals surface area contributed by atoms with Crippen molar-refractivity contribution >= 4 is 54.9 Å². The van der Waals surface area contributed by atoms with Crippen molar-refractivity contribution in [2.45, 2.75) is 17.7 Å². The number of nitrogens with one attached hydrogen (secondary N) is 3. The maximum absolute atomic E-state index is 12.4. The van der Waals surface area contributed by atoms with Gasteiger partial charge in [-0.25, -0.2) is 13.4 Å². The summed E-state index contributed by atoms with van der Waals surface area (Å²) < 4.78 is 27.3. The number of thiazole rings is 1. The number of para-hydroxylation sites is 1. The summed E-state index contributed by atoms with van der Waals surface area (Å²) in [5.74, 6) is -0.173. The van der Waals surface area contributed by atoms with Gasteiger partial charge < -0.3 is 10.3 Å². The lowest BCUT2D eigenvalue weighted by Gasteiger charge is -2.05. The minimum Gasteiger partial charge on any atom is -0.358 e. The van der Waals surface area contributed by atoms with Crippen molar-refractivity contribution in [1.29, 1.82) is 0 Å². The number of benzene rings is 2. The van der Waals surface area contributed by atoms with Gasteiger partial charge in [-0.1, -0.05) is 29.8 Å². The first-order valence-corrected chi connectivity index (χ1v) is 12.2. The van der Waals surface area contributed by atoms with Gasteiger partial charge in [0.25, 0.3) is 10.0 Å². The highest BCUT2D eigenvalue weighted by atomic mass is 35.5. The zero-order valence-electron chi connectivity index (χ0n) is 16.3. The Bertz CT molecular complexity index is 1280. The second-order valence-corrected chi connectivity index (χ2v) is 9.84. The standard InChI is InChI=1S/C21H19ClN4O3S2/c22-15-5-7-18(8-6-15)31(28,29)26-21-25-17(13-30-21)12-20(27)23-10-9-16-11-14-3-1-2-4-19(14)24-16/h1-8,11,13,24H,9-10,12H2,(H,23,27)(H,25,26). The normalized spacial score (nSPS) is 11.5. The highest BCUT2D eigenvalue weighted by Gasteiger charge is 2.16. The summed E-state index contributed by atoms with van der Waals surface area (Å²) in [4.78, 5) is 19.8. The summed E-state index contributed by atoms with van der Waals surface area (Å²) in [6.45, 7) is 0.492. The number of anilines is 1. The molecule has 1 amide bonds. The lowest BCUT2D eigenvalue weighted by atomic mass is 10.2. The van der Waals surface area contributed by atoms with Gasteiger partial charge in [0.05, 0.1) is 17.0 Å². The summed E-state index contributed by atoms with van der Waals surface area (Å²) in [6, 6.07) is 15.9. The van der Waals surface area contributed by atoms with Crippen LogP contribution in [0.1, 0.15) is 11.4 Å². The van der Waals surface area contributed by atoms with Gasteiger partial charge in [0.15, 0.2) is 5.13 Å². The zero-order chi connectivity index (χ0) is 21.8. The molecular weight excluding hydrogens is 456 g/mol. The van der Waals surface area contributed by atoms with Gasteiger partial charge >= 0.3 is 0 Å². The van der Waals surface area contributed by atoms with Crippen LogP contribution in [0.3, 0.4) is 0 Å². The molecule has 0 radical (unpaired) electrons. The topological polar surface area (TPSA) is 104 Å². The largest absolute Gasteiger partial charge is 0.358 e. The monoisotopic (exact) mass is 474 g/mol. The Hall–Kier alpha value is -2.88. The second kappa shape index (κ2) is 9.09. The molecule has 4 rings (SSSR count). The van der Waals surface area contributed by atoms with Gasteiger partial charge in [0.1, 0.15) is 0 Å².